The quantitative estimate of drug-likeness (QED) is 0.0960. The van der Waals surface area contributed by atoms with E-state index in [2.05, 4.69) is 23.8 Å². The number of rotatable bonds is 16. The fraction of sp³-hybridized carbons (Fsp3) is 0.273. The Hall–Kier alpha value is -5.76. The number of benzene rings is 5. The molecule has 0 atom stereocenters. The third-order valence-corrected chi connectivity index (χ3v) is 9.26. The molecule has 7 rings (SSSR count). The predicted octanol–water partition coefficient (Wildman–Crippen LogP) is 12.0. The number of oxazole rings is 2. The Balaban J connectivity index is 1.34. The molecule has 2 aromatic heterocycles. The minimum Gasteiger partial charge on any atom is -0.507 e. The molecule has 0 saturated carbocycles. The smallest absolute Gasteiger partial charge is 0.231 e. The van der Waals surface area contributed by atoms with Crippen molar-refractivity contribution in [2.75, 3.05) is 13.2 Å². The first-order valence-electron chi connectivity index (χ1n) is 18.3. The molecule has 0 amide bonds. The summed E-state index contributed by atoms with van der Waals surface area (Å²) in [4.78, 5) is 9.31. The molecule has 0 saturated heterocycles. The van der Waals surface area contributed by atoms with E-state index in [9.17, 15) is 10.2 Å². The van der Waals surface area contributed by atoms with Crippen LogP contribution >= 0.6 is 0 Å². The summed E-state index contributed by atoms with van der Waals surface area (Å²) in [5.41, 5.74) is 6.96. The Labute approximate surface area is 303 Å². The highest BCUT2D eigenvalue weighted by molar-refractivity contribution is 5.86. The Kier molecular flexibility index (Phi) is 10.7. The highest BCUT2D eigenvalue weighted by Gasteiger charge is 2.21. The maximum Gasteiger partial charge on any atom is 0.231 e. The fourth-order valence-corrected chi connectivity index (χ4v) is 6.40. The number of aromatic hydroxyl groups is 2. The van der Waals surface area contributed by atoms with Crippen molar-refractivity contribution in [2.45, 2.75) is 65.2 Å². The van der Waals surface area contributed by atoms with Crippen molar-refractivity contribution in [3.63, 3.8) is 0 Å². The number of hydrogen-bond donors (Lipinski definition) is 2. The maximum absolute atomic E-state index is 11.0. The Morgan fingerprint density at radius 3 is 1.37 bits per heavy atom. The van der Waals surface area contributed by atoms with Gasteiger partial charge < -0.3 is 28.5 Å². The summed E-state index contributed by atoms with van der Waals surface area (Å²) in [6.07, 6.45) is 8.54. The van der Waals surface area contributed by atoms with Crippen LogP contribution < -0.4 is 9.47 Å². The molecule has 266 valence electrons. The van der Waals surface area contributed by atoms with Crippen LogP contribution in [0.1, 0.15) is 65.2 Å². The molecule has 2 heterocycles. The standard InChI is InChI=1S/C44H44N2O6/c1-3-5-7-13-23-49-41-27-32(30-20-22-38(48)34(26-30)44-46-36-16-10-12-18-40(36)52-44)42(50-24-14-8-6-4-2)28-31(41)29-19-21-37(47)33(25-29)43-45-35-15-9-11-17-39(35)51-43/h9-12,15-22,25-28,47-48H,3-8,13-14,23-24H2,1-2H3. The molecule has 0 radical (unpaired) electrons. The molecule has 0 unspecified atom stereocenters. The van der Waals surface area contributed by atoms with Crippen molar-refractivity contribution in [1.82, 2.24) is 9.97 Å². The average Bonchev–Trinajstić information content (AvgIpc) is 3.80. The van der Waals surface area contributed by atoms with Crippen molar-refractivity contribution in [2.24, 2.45) is 0 Å². The van der Waals surface area contributed by atoms with Crippen LogP contribution in [0.3, 0.4) is 0 Å². The molecule has 0 spiro atoms. The number of hydrogen-bond acceptors (Lipinski definition) is 8. The van der Waals surface area contributed by atoms with Crippen LogP contribution in [0, 0.1) is 0 Å². The van der Waals surface area contributed by atoms with Gasteiger partial charge in [-0.1, -0.05) is 88.8 Å². The predicted molar refractivity (Wildman–Crippen MR) is 206 cm³/mol. The molecular weight excluding hydrogens is 652 g/mol. The van der Waals surface area contributed by atoms with Crippen LogP contribution in [0.5, 0.6) is 23.0 Å². The van der Waals surface area contributed by atoms with E-state index in [1.54, 1.807) is 12.1 Å². The number of nitrogens with zero attached hydrogens (tertiary/aromatic N) is 2. The van der Waals surface area contributed by atoms with E-state index in [1.807, 2.05) is 84.9 Å². The Morgan fingerprint density at radius 1 is 0.500 bits per heavy atom. The molecule has 2 N–H and O–H groups in total. The minimum absolute atomic E-state index is 0.0668. The summed E-state index contributed by atoms with van der Waals surface area (Å²) in [7, 11) is 0. The Bertz CT molecular complexity index is 2060. The van der Waals surface area contributed by atoms with Crippen LogP contribution in [0.15, 0.2) is 106 Å². The van der Waals surface area contributed by atoms with E-state index >= 15 is 0 Å². The first kappa shape index (κ1) is 34.7. The lowest BCUT2D eigenvalue weighted by molar-refractivity contribution is 0.299. The van der Waals surface area contributed by atoms with Crippen LogP contribution in [0.25, 0.3) is 67.4 Å². The van der Waals surface area contributed by atoms with Gasteiger partial charge in [0.15, 0.2) is 11.2 Å². The largest absolute Gasteiger partial charge is 0.507 e. The molecule has 52 heavy (non-hydrogen) atoms. The van der Waals surface area contributed by atoms with Gasteiger partial charge in [0, 0.05) is 11.1 Å². The molecule has 0 aliphatic heterocycles. The van der Waals surface area contributed by atoms with Crippen molar-refractivity contribution in [3.05, 3.63) is 97.1 Å². The highest BCUT2D eigenvalue weighted by atomic mass is 16.5. The maximum atomic E-state index is 11.0. The first-order chi connectivity index (χ1) is 25.5. The van der Waals surface area contributed by atoms with Crippen LogP contribution in [-0.4, -0.2) is 33.4 Å². The molecule has 0 aliphatic rings. The monoisotopic (exact) mass is 696 g/mol. The SMILES string of the molecule is CCCCCCOc1cc(-c2ccc(O)c(-c3nc4ccccc4o3)c2)c(OCCCCCC)cc1-c1ccc(O)c(-c2nc3ccccc3o2)c1. The topological polar surface area (TPSA) is 111 Å². The molecule has 0 fully saturated rings. The fourth-order valence-electron chi connectivity index (χ4n) is 6.40. The molecule has 5 aromatic carbocycles. The van der Waals surface area contributed by atoms with E-state index in [4.69, 9.17) is 18.3 Å². The highest BCUT2D eigenvalue weighted by Crippen LogP contribution is 2.45. The van der Waals surface area contributed by atoms with Gasteiger partial charge in [0.1, 0.15) is 34.0 Å². The minimum atomic E-state index is 0.0668. The van der Waals surface area contributed by atoms with E-state index in [1.165, 1.54) is 0 Å². The van der Waals surface area contributed by atoms with Gasteiger partial charge in [0.25, 0.3) is 0 Å². The van der Waals surface area contributed by atoms with Crippen LogP contribution in [0.4, 0.5) is 0 Å². The zero-order chi connectivity index (χ0) is 35.9. The number of ether oxygens (including phenoxy) is 2. The lowest BCUT2D eigenvalue weighted by Gasteiger charge is -2.19. The summed E-state index contributed by atoms with van der Waals surface area (Å²) < 4.78 is 25.3. The van der Waals surface area contributed by atoms with Crippen molar-refractivity contribution >= 4 is 22.2 Å². The number of phenolic OH excluding ortho intramolecular Hbond substituents is 2. The van der Waals surface area contributed by atoms with Crippen LogP contribution in [-0.2, 0) is 0 Å². The van der Waals surface area contributed by atoms with Gasteiger partial charge in [-0.25, -0.2) is 9.97 Å². The summed E-state index contributed by atoms with van der Waals surface area (Å²) in [5, 5.41) is 22.0. The molecule has 8 heteroatoms. The van der Waals surface area contributed by atoms with Gasteiger partial charge in [-0.05, 0) is 84.6 Å². The van der Waals surface area contributed by atoms with E-state index in [0.717, 1.165) is 73.6 Å². The Morgan fingerprint density at radius 2 is 0.942 bits per heavy atom. The molecule has 0 bridgehead atoms. The molecule has 8 nitrogen and oxygen atoms in total. The lowest BCUT2D eigenvalue weighted by Crippen LogP contribution is -2.03. The van der Waals surface area contributed by atoms with Gasteiger partial charge in [0.05, 0.1) is 24.3 Å². The lowest BCUT2D eigenvalue weighted by atomic mass is 9.95. The number of phenols is 2. The zero-order valence-corrected chi connectivity index (χ0v) is 29.7. The third-order valence-electron chi connectivity index (χ3n) is 9.26. The summed E-state index contributed by atoms with van der Waals surface area (Å²) >= 11 is 0. The number of aromatic nitrogens is 2. The van der Waals surface area contributed by atoms with Crippen molar-refractivity contribution in [1.29, 1.82) is 0 Å². The van der Waals surface area contributed by atoms with E-state index < -0.39 is 0 Å². The number of fused-ring (bicyclic) bond motifs is 2. The number of unbranched alkanes of at least 4 members (excludes halogenated alkanes) is 6. The van der Waals surface area contributed by atoms with Crippen molar-refractivity contribution < 1.29 is 28.5 Å². The molecule has 0 aliphatic carbocycles. The molecular formula is C44H44N2O6. The van der Waals surface area contributed by atoms with Gasteiger partial charge >= 0.3 is 0 Å². The summed E-state index contributed by atoms with van der Waals surface area (Å²) in [6, 6.07) is 30.0. The van der Waals surface area contributed by atoms with Gasteiger partial charge in [-0.3, -0.25) is 0 Å². The van der Waals surface area contributed by atoms with E-state index in [-0.39, 0.29) is 11.5 Å². The second-order valence-corrected chi connectivity index (χ2v) is 13.1. The first-order valence-corrected chi connectivity index (χ1v) is 18.3. The van der Waals surface area contributed by atoms with Crippen LogP contribution in [0.2, 0.25) is 0 Å². The normalized spacial score (nSPS) is 11.4. The second-order valence-electron chi connectivity index (χ2n) is 13.1. The van der Waals surface area contributed by atoms with Gasteiger partial charge in [0.2, 0.25) is 11.8 Å². The van der Waals surface area contributed by atoms with Gasteiger partial charge in [-0.2, -0.15) is 0 Å². The van der Waals surface area contributed by atoms with Crippen molar-refractivity contribution in [3.8, 4) is 68.2 Å². The summed E-state index contributed by atoms with van der Waals surface area (Å²) in [6.45, 7) is 5.48. The molecule has 7 aromatic rings. The second kappa shape index (κ2) is 16.1. The average molecular weight is 697 g/mol. The zero-order valence-electron chi connectivity index (χ0n) is 29.7. The number of para-hydroxylation sites is 4. The van der Waals surface area contributed by atoms with E-state index in [0.29, 0.717) is 69.8 Å². The van der Waals surface area contributed by atoms with Gasteiger partial charge in [-0.15, -0.1) is 0 Å². The third kappa shape index (κ3) is 7.61. The summed E-state index contributed by atoms with van der Waals surface area (Å²) in [5.74, 6) is 2.16.